The molecule has 0 amide bonds. The zero-order chi connectivity index (χ0) is 11.1. The number of fused-ring (bicyclic) bond motifs is 1. The minimum absolute atomic E-state index is 0.185. The fourth-order valence-electron chi connectivity index (χ4n) is 2.08. The van der Waals surface area contributed by atoms with Gasteiger partial charge in [0.2, 0.25) is 0 Å². The summed E-state index contributed by atoms with van der Waals surface area (Å²) in [5, 5.41) is 4.58. The van der Waals surface area contributed by atoms with Crippen molar-refractivity contribution in [2.75, 3.05) is 0 Å². The van der Waals surface area contributed by atoms with E-state index in [-0.39, 0.29) is 5.82 Å². The number of nitrogens with one attached hydrogen (secondary N) is 2. The molecule has 1 aromatic heterocycles. The Kier molecular flexibility index (Phi) is 2.21. The van der Waals surface area contributed by atoms with Gasteiger partial charge in [0.05, 0.1) is 0 Å². The van der Waals surface area contributed by atoms with Crippen LogP contribution in [0.2, 0.25) is 0 Å². The van der Waals surface area contributed by atoms with Gasteiger partial charge in [-0.25, -0.2) is 4.39 Å². The van der Waals surface area contributed by atoms with Crippen molar-refractivity contribution in [3.63, 3.8) is 0 Å². The lowest BCUT2D eigenvalue weighted by Gasteiger charge is -2.01. The quantitative estimate of drug-likeness (QED) is 0.814. The predicted molar refractivity (Wildman–Crippen MR) is 62.9 cm³/mol. The number of aromatic nitrogens is 1. The SMILES string of the molecule is Cc1c(CNC2CC2)[nH]c2cc(F)ccc12. The van der Waals surface area contributed by atoms with Gasteiger partial charge in [0.25, 0.3) is 0 Å². The van der Waals surface area contributed by atoms with Crippen molar-refractivity contribution >= 4 is 10.9 Å². The molecule has 0 radical (unpaired) electrons. The van der Waals surface area contributed by atoms with Crippen LogP contribution in [-0.4, -0.2) is 11.0 Å². The van der Waals surface area contributed by atoms with E-state index in [9.17, 15) is 4.39 Å². The lowest BCUT2D eigenvalue weighted by molar-refractivity contribution is 0.629. The molecule has 0 saturated heterocycles. The van der Waals surface area contributed by atoms with Gasteiger partial charge in [-0.05, 0) is 43.5 Å². The highest BCUT2D eigenvalue weighted by molar-refractivity contribution is 5.84. The van der Waals surface area contributed by atoms with Crippen LogP contribution >= 0.6 is 0 Å². The second kappa shape index (κ2) is 3.59. The molecule has 0 atom stereocenters. The normalized spacial score (nSPS) is 15.9. The highest BCUT2D eigenvalue weighted by atomic mass is 19.1. The van der Waals surface area contributed by atoms with Gasteiger partial charge in [-0.15, -0.1) is 0 Å². The zero-order valence-corrected chi connectivity index (χ0v) is 9.31. The Labute approximate surface area is 93.9 Å². The maximum absolute atomic E-state index is 13.1. The topological polar surface area (TPSA) is 27.8 Å². The van der Waals surface area contributed by atoms with Gasteiger partial charge < -0.3 is 10.3 Å². The first kappa shape index (κ1) is 9.85. The van der Waals surface area contributed by atoms with Crippen molar-refractivity contribution in [1.82, 2.24) is 10.3 Å². The Balaban J connectivity index is 1.94. The summed E-state index contributed by atoms with van der Waals surface area (Å²) < 4.78 is 13.1. The van der Waals surface area contributed by atoms with Crippen LogP contribution in [0.3, 0.4) is 0 Å². The molecule has 3 heteroatoms. The van der Waals surface area contributed by atoms with Crippen molar-refractivity contribution in [3.8, 4) is 0 Å². The van der Waals surface area contributed by atoms with E-state index in [1.807, 2.05) is 6.07 Å². The first-order valence-electron chi connectivity index (χ1n) is 5.74. The maximum Gasteiger partial charge on any atom is 0.125 e. The molecule has 1 aromatic carbocycles. The molecule has 0 bridgehead atoms. The van der Waals surface area contributed by atoms with Crippen LogP contribution < -0.4 is 5.32 Å². The molecule has 2 N–H and O–H groups in total. The molecule has 1 saturated carbocycles. The summed E-state index contributed by atoms with van der Waals surface area (Å²) >= 11 is 0. The smallest absolute Gasteiger partial charge is 0.125 e. The zero-order valence-electron chi connectivity index (χ0n) is 9.31. The van der Waals surface area contributed by atoms with E-state index in [2.05, 4.69) is 17.2 Å². The lowest BCUT2D eigenvalue weighted by Crippen LogP contribution is -2.16. The number of hydrogen-bond acceptors (Lipinski definition) is 1. The average Bonchev–Trinajstić information content (AvgIpc) is 3.03. The minimum atomic E-state index is -0.185. The monoisotopic (exact) mass is 218 g/mol. The summed E-state index contributed by atoms with van der Waals surface area (Å²) in [6.45, 7) is 2.94. The molecule has 1 heterocycles. The molecule has 1 fully saturated rings. The highest BCUT2D eigenvalue weighted by Gasteiger charge is 2.20. The van der Waals surface area contributed by atoms with Crippen LogP contribution in [-0.2, 0) is 6.54 Å². The van der Waals surface area contributed by atoms with Crippen molar-refractivity contribution in [2.45, 2.75) is 32.4 Å². The Morgan fingerprint density at radius 3 is 3.00 bits per heavy atom. The second-order valence-corrected chi connectivity index (χ2v) is 4.57. The molecule has 1 aliphatic carbocycles. The van der Waals surface area contributed by atoms with Gasteiger partial charge in [-0.3, -0.25) is 0 Å². The number of benzene rings is 1. The Bertz CT molecular complexity index is 526. The summed E-state index contributed by atoms with van der Waals surface area (Å²) in [5.74, 6) is -0.185. The van der Waals surface area contributed by atoms with Gasteiger partial charge in [0.1, 0.15) is 5.82 Å². The first-order chi connectivity index (χ1) is 7.74. The lowest BCUT2D eigenvalue weighted by atomic mass is 10.1. The number of hydrogen-bond donors (Lipinski definition) is 2. The molecule has 0 unspecified atom stereocenters. The highest BCUT2D eigenvalue weighted by Crippen LogP contribution is 2.24. The fraction of sp³-hybridized carbons (Fsp3) is 0.385. The van der Waals surface area contributed by atoms with E-state index < -0.39 is 0 Å². The third-order valence-corrected chi connectivity index (χ3v) is 3.27. The molecule has 2 nitrogen and oxygen atoms in total. The van der Waals surface area contributed by atoms with Crippen molar-refractivity contribution in [3.05, 3.63) is 35.3 Å². The van der Waals surface area contributed by atoms with Gasteiger partial charge >= 0.3 is 0 Å². The van der Waals surface area contributed by atoms with E-state index in [4.69, 9.17) is 0 Å². The molecule has 16 heavy (non-hydrogen) atoms. The number of halogens is 1. The number of aryl methyl sites for hydroxylation is 1. The molecule has 3 rings (SSSR count). The Morgan fingerprint density at radius 2 is 2.25 bits per heavy atom. The first-order valence-corrected chi connectivity index (χ1v) is 5.74. The molecular weight excluding hydrogens is 203 g/mol. The van der Waals surface area contributed by atoms with E-state index >= 15 is 0 Å². The molecule has 1 aliphatic rings. The van der Waals surface area contributed by atoms with Crippen LogP contribution in [0, 0.1) is 12.7 Å². The second-order valence-electron chi connectivity index (χ2n) is 4.57. The van der Waals surface area contributed by atoms with E-state index in [0.717, 1.165) is 17.4 Å². The van der Waals surface area contributed by atoms with Crippen LogP contribution in [0.1, 0.15) is 24.1 Å². The maximum atomic E-state index is 13.1. The molecule has 0 spiro atoms. The Morgan fingerprint density at radius 1 is 1.44 bits per heavy atom. The third-order valence-electron chi connectivity index (χ3n) is 3.27. The van der Waals surface area contributed by atoms with Gasteiger partial charge in [-0.1, -0.05) is 0 Å². The summed E-state index contributed by atoms with van der Waals surface area (Å²) in [6, 6.07) is 5.61. The van der Waals surface area contributed by atoms with Gasteiger partial charge in [0, 0.05) is 29.2 Å². The predicted octanol–water partition coefficient (Wildman–Crippen LogP) is 2.87. The van der Waals surface area contributed by atoms with Gasteiger partial charge in [0.15, 0.2) is 0 Å². The van der Waals surface area contributed by atoms with E-state index in [1.54, 1.807) is 6.07 Å². The standard InChI is InChI=1S/C13H15FN2/c1-8-11-5-2-9(14)6-12(11)16-13(8)7-15-10-3-4-10/h2,5-6,10,15-16H,3-4,7H2,1H3. The van der Waals surface area contributed by atoms with E-state index in [1.165, 1.54) is 30.2 Å². The van der Waals surface area contributed by atoms with Crippen molar-refractivity contribution < 1.29 is 4.39 Å². The molecule has 84 valence electrons. The summed E-state index contributed by atoms with van der Waals surface area (Å²) in [5.41, 5.74) is 3.29. The minimum Gasteiger partial charge on any atom is -0.357 e. The van der Waals surface area contributed by atoms with Crippen molar-refractivity contribution in [1.29, 1.82) is 0 Å². The van der Waals surface area contributed by atoms with Crippen LogP contribution in [0.25, 0.3) is 10.9 Å². The number of H-pyrrole nitrogens is 1. The number of aromatic amines is 1. The van der Waals surface area contributed by atoms with E-state index in [0.29, 0.717) is 6.04 Å². The van der Waals surface area contributed by atoms with Crippen molar-refractivity contribution in [2.24, 2.45) is 0 Å². The molecular formula is C13H15FN2. The largest absolute Gasteiger partial charge is 0.357 e. The average molecular weight is 218 g/mol. The van der Waals surface area contributed by atoms with Crippen LogP contribution in [0.5, 0.6) is 0 Å². The van der Waals surface area contributed by atoms with Crippen LogP contribution in [0.15, 0.2) is 18.2 Å². The molecule has 0 aliphatic heterocycles. The molecule has 2 aromatic rings. The summed E-state index contributed by atoms with van der Waals surface area (Å²) in [7, 11) is 0. The van der Waals surface area contributed by atoms with Gasteiger partial charge in [-0.2, -0.15) is 0 Å². The Hall–Kier alpha value is -1.35. The summed E-state index contributed by atoms with van der Waals surface area (Å²) in [6.07, 6.45) is 2.57. The third kappa shape index (κ3) is 1.71. The fourth-order valence-corrected chi connectivity index (χ4v) is 2.08. The van der Waals surface area contributed by atoms with Crippen LogP contribution in [0.4, 0.5) is 4.39 Å². The number of rotatable bonds is 3. The summed E-state index contributed by atoms with van der Waals surface area (Å²) in [4.78, 5) is 3.29.